The Morgan fingerprint density at radius 1 is 1.11 bits per heavy atom. The third kappa shape index (κ3) is 1.36. The first-order chi connectivity index (χ1) is 8.83. The number of rotatable bonds is 0. The van der Waals surface area contributed by atoms with Crippen molar-refractivity contribution in [1.29, 1.82) is 0 Å². The third-order valence-corrected chi connectivity index (χ3v) is 3.97. The number of hydrogen-bond acceptors (Lipinski definition) is 1. The fraction of sp³-hybridized carbons (Fsp3) is 0.0625. The van der Waals surface area contributed by atoms with E-state index in [1.807, 2.05) is 0 Å². The van der Waals surface area contributed by atoms with Crippen molar-refractivity contribution in [2.45, 2.75) is 6.42 Å². The van der Waals surface area contributed by atoms with Crippen molar-refractivity contribution in [3.05, 3.63) is 69.3 Å². The largest absolute Gasteiger partial charge is 0.248 e. The summed E-state index contributed by atoms with van der Waals surface area (Å²) < 4.78 is 1.11. The highest BCUT2D eigenvalue weighted by Gasteiger charge is 2.14. The van der Waals surface area contributed by atoms with Gasteiger partial charge in [-0.15, -0.1) is 0 Å². The van der Waals surface area contributed by atoms with Gasteiger partial charge in [-0.3, -0.25) is 0 Å². The van der Waals surface area contributed by atoms with Gasteiger partial charge in [0.2, 0.25) is 0 Å². The molecule has 4 rings (SSSR count). The zero-order valence-electron chi connectivity index (χ0n) is 9.65. The lowest BCUT2D eigenvalue weighted by atomic mass is 10.0. The van der Waals surface area contributed by atoms with Crippen LogP contribution in [0.15, 0.2) is 63.7 Å². The molecule has 0 unspecified atom stereocenters. The molecule has 2 heteroatoms. The van der Waals surface area contributed by atoms with E-state index in [9.17, 15) is 0 Å². The molecule has 18 heavy (non-hydrogen) atoms. The molecule has 0 saturated carbocycles. The lowest BCUT2D eigenvalue weighted by Gasteiger charge is -2.04. The zero-order chi connectivity index (χ0) is 12.1. The van der Waals surface area contributed by atoms with E-state index < -0.39 is 0 Å². The van der Waals surface area contributed by atoms with E-state index in [0.717, 1.165) is 21.9 Å². The first-order valence-electron chi connectivity index (χ1n) is 6.01. The molecule has 0 atom stereocenters. The molecule has 2 aromatic carbocycles. The molecule has 0 N–H and O–H groups in total. The molecule has 0 spiro atoms. The summed E-state index contributed by atoms with van der Waals surface area (Å²) in [4.78, 5) is 4.71. The van der Waals surface area contributed by atoms with E-state index in [1.165, 1.54) is 21.6 Å². The van der Waals surface area contributed by atoms with Gasteiger partial charge in [-0.1, -0.05) is 46.3 Å². The lowest BCUT2D eigenvalue weighted by Crippen LogP contribution is -2.23. The Balaban J connectivity index is 2.29. The Kier molecular flexibility index (Phi) is 2.09. The van der Waals surface area contributed by atoms with Crippen LogP contribution in [0.5, 0.6) is 0 Å². The minimum atomic E-state index is 0.984. The third-order valence-electron chi connectivity index (χ3n) is 3.48. The maximum Gasteiger partial charge on any atom is 0.0722 e. The van der Waals surface area contributed by atoms with E-state index in [0.29, 0.717) is 0 Å². The molecule has 0 bridgehead atoms. The predicted octanol–water partition coefficient (Wildman–Crippen LogP) is 3.23. The summed E-state index contributed by atoms with van der Waals surface area (Å²) in [5, 5.41) is 4.90. The Morgan fingerprint density at radius 2 is 2.00 bits per heavy atom. The van der Waals surface area contributed by atoms with E-state index in [-0.39, 0.29) is 0 Å². The van der Waals surface area contributed by atoms with Gasteiger partial charge in [-0.25, -0.2) is 4.99 Å². The second kappa shape index (κ2) is 3.66. The molecule has 0 fully saturated rings. The van der Waals surface area contributed by atoms with Crippen LogP contribution >= 0.6 is 15.9 Å². The van der Waals surface area contributed by atoms with Crippen LogP contribution in [0.1, 0.15) is 6.42 Å². The average Bonchev–Trinajstić information content (AvgIpc) is 2.77. The Hall–Kier alpha value is -1.67. The number of halogens is 1. The molecule has 1 heterocycles. The number of hydrogen-bond donors (Lipinski definition) is 0. The Labute approximate surface area is 113 Å². The summed E-state index contributed by atoms with van der Waals surface area (Å²) in [7, 11) is 0. The van der Waals surface area contributed by atoms with Gasteiger partial charge in [0.05, 0.1) is 11.1 Å². The minimum Gasteiger partial charge on any atom is -0.248 e. The lowest BCUT2D eigenvalue weighted by molar-refractivity contribution is 1.25. The molecule has 0 saturated heterocycles. The number of nitrogens with zero attached hydrogens (tertiary/aromatic N) is 1. The molecule has 86 valence electrons. The monoisotopic (exact) mass is 295 g/mol. The van der Waals surface area contributed by atoms with Crippen molar-refractivity contribution in [1.82, 2.24) is 0 Å². The normalized spacial score (nSPS) is 16.3. The van der Waals surface area contributed by atoms with Gasteiger partial charge in [-0.05, 0) is 35.4 Å². The van der Waals surface area contributed by atoms with E-state index in [4.69, 9.17) is 4.99 Å². The Bertz CT molecular complexity index is 857. The smallest absolute Gasteiger partial charge is 0.0722 e. The van der Waals surface area contributed by atoms with Gasteiger partial charge in [0, 0.05) is 15.3 Å². The summed E-state index contributed by atoms with van der Waals surface area (Å²) in [5.74, 6) is 0. The highest BCUT2D eigenvalue weighted by Crippen LogP contribution is 2.23. The van der Waals surface area contributed by atoms with Crippen LogP contribution in [-0.2, 0) is 0 Å². The van der Waals surface area contributed by atoms with E-state index >= 15 is 0 Å². The summed E-state index contributed by atoms with van der Waals surface area (Å²) in [6.07, 6.45) is 7.57. The number of fused-ring (bicyclic) bond motifs is 4. The predicted molar refractivity (Wildman–Crippen MR) is 77.7 cm³/mol. The van der Waals surface area contributed by atoms with Gasteiger partial charge in [0.25, 0.3) is 0 Å². The highest BCUT2D eigenvalue weighted by atomic mass is 79.9. The van der Waals surface area contributed by atoms with Crippen molar-refractivity contribution in [3.63, 3.8) is 0 Å². The molecule has 0 aromatic heterocycles. The maximum absolute atomic E-state index is 4.71. The quantitative estimate of drug-likeness (QED) is 0.708. The van der Waals surface area contributed by atoms with E-state index in [1.54, 1.807) is 0 Å². The molecule has 0 amide bonds. The minimum absolute atomic E-state index is 0.984. The fourth-order valence-corrected chi connectivity index (χ4v) is 3.03. The van der Waals surface area contributed by atoms with Gasteiger partial charge in [0.1, 0.15) is 0 Å². The van der Waals surface area contributed by atoms with Crippen LogP contribution in [0.2, 0.25) is 0 Å². The molecule has 1 aliphatic heterocycles. The van der Waals surface area contributed by atoms with Crippen molar-refractivity contribution >= 4 is 32.3 Å². The first-order valence-corrected chi connectivity index (χ1v) is 6.81. The van der Waals surface area contributed by atoms with Crippen molar-refractivity contribution in [3.8, 4) is 0 Å². The first kappa shape index (κ1) is 10.3. The molecule has 1 aliphatic carbocycles. The van der Waals surface area contributed by atoms with Crippen LogP contribution < -0.4 is 10.6 Å². The number of allylic oxidation sites excluding steroid dienone is 3. The zero-order valence-corrected chi connectivity index (χ0v) is 11.2. The molecule has 2 aliphatic rings. The van der Waals surface area contributed by atoms with Crippen molar-refractivity contribution in [2.24, 2.45) is 4.99 Å². The van der Waals surface area contributed by atoms with Gasteiger partial charge >= 0.3 is 0 Å². The fourth-order valence-electron chi connectivity index (χ4n) is 2.66. The van der Waals surface area contributed by atoms with Gasteiger partial charge in [0.15, 0.2) is 0 Å². The second-order valence-electron chi connectivity index (χ2n) is 4.58. The van der Waals surface area contributed by atoms with Gasteiger partial charge in [-0.2, -0.15) is 0 Å². The van der Waals surface area contributed by atoms with Crippen LogP contribution in [-0.4, -0.2) is 0 Å². The topological polar surface area (TPSA) is 12.4 Å². The highest BCUT2D eigenvalue weighted by molar-refractivity contribution is 9.10. The number of benzene rings is 2. The van der Waals surface area contributed by atoms with Crippen molar-refractivity contribution < 1.29 is 0 Å². The van der Waals surface area contributed by atoms with Crippen LogP contribution in [0, 0.1) is 0 Å². The molecule has 0 radical (unpaired) electrons. The second-order valence-corrected chi connectivity index (χ2v) is 5.49. The molecular weight excluding hydrogens is 286 g/mol. The Morgan fingerprint density at radius 3 is 2.94 bits per heavy atom. The molecular formula is C16H10BrN. The summed E-state index contributed by atoms with van der Waals surface area (Å²) in [6, 6.07) is 10.7. The summed E-state index contributed by atoms with van der Waals surface area (Å²) >= 11 is 3.56. The van der Waals surface area contributed by atoms with Crippen molar-refractivity contribution in [2.75, 3.05) is 0 Å². The maximum atomic E-state index is 4.71. The SMILES string of the molecule is Brc1ccc2ccc3c(c2c1)=C1C=CCC=C1N=3. The summed E-state index contributed by atoms with van der Waals surface area (Å²) in [5.41, 5.74) is 2.39. The molecule has 1 nitrogen and oxygen atoms in total. The van der Waals surface area contributed by atoms with Crippen LogP contribution in [0.4, 0.5) is 0 Å². The standard InChI is InChI=1S/C16H10BrN/c17-11-7-5-10-6-8-15-16(13(10)9-11)12-3-1-2-4-14(12)18-15/h1,3-9H,2H2. The van der Waals surface area contributed by atoms with E-state index in [2.05, 4.69) is 64.5 Å². The van der Waals surface area contributed by atoms with Crippen LogP contribution in [0.25, 0.3) is 16.3 Å². The van der Waals surface area contributed by atoms with Crippen LogP contribution in [0.3, 0.4) is 0 Å². The average molecular weight is 296 g/mol. The summed E-state index contributed by atoms with van der Waals surface area (Å²) in [6.45, 7) is 0. The molecule has 2 aromatic rings. The van der Waals surface area contributed by atoms with Gasteiger partial charge < -0.3 is 0 Å².